The van der Waals surface area contributed by atoms with Crippen molar-refractivity contribution >= 4 is 34.4 Å². The van der Waals surface area contributed by atoms with Crippen LogP contribution < -0.4 is 19.5 Å². The zero-order valence-electron chi connectivity index (χ0n) is 19.4. The summed E-state index contributed by atoms with van der Waals surface area (Å²) in [6.07, 6.45) is 4.88. The number of rotatable bonds is 9. The lowest BCUT2D eigenvalue weighted by Gasteiger charge is -2.09. The number of aromatic nitrogens is 1. The molecule has 0 spiro atoms. The normalized spacial score (nSPS) is 10.8. The van der Waals surface area contributed by atoms with Crippen molar-refractivity contribution in [3.8, 4) is 17.2 Å². The van der Waals surface area contributed by atoms with E-state index in [0.717, 1.165) is 10.9 Å². The van der Waals surface area contributed by atoms with Gasteiger partial charge in [0.05, 0.1) is 14.2 Å². The molecule has 1 heterocycles. The van der Waals surface area contributed by atoms with Crippen molar-refractivity contribution in [2.75, 3.05) is 26.1 Å². The fraction of sp³-hybridized carbons (Fsp3) is 0.107. The average Bonchev–Trinajstić information content (AvgIpc) is 2.90. The first-order valence-corrected chi connectivity index (χ1v) is 10.9. The molecule has 1 N–H and O–H groups in total. The van der Waals surface area contributed by atoms with E-state index in [1.807, 2.05) is 30.3 Å². The van der Waals surface area contributed by atoms with Crippen LogP contribution in [-0.2, 0) is 4.79 Å². The molecule has 1 aromatic heterocycles. The number of carbonyl (C=O) groups is 2. The summed E-state index contributed by atoms with van der Waals surface area (Å²) in [6.45, 7) is -0.162. The summed E-state index contributed by atoms with van der Waals surface area (Å²) in [4.78, 5) is 29.2. The Labute approximate surface area is 203 Å². The van der Waals surface area contributed by atoms with Crippen molar-refractivity contribution in [3.63, 3.8) is 0 Å². The van der Waals surface area contributed by atoms with Crippen LogP contribution in [0.4, 0.5) is 5.69 Å². The number of hydrogen-bond acceptors (Lipinski definition) is 6. The summed E-state index contributed by atoms with van der Waals surface area (Å²) in [5.41, 5.74) is 2.57. The molecule has 1 amide bonds. The number of allylic oxidation sites excluding steroid dienone is 1. The van der Waals surface area contributed by atoms with Crippen LogP contribution in [0.1, 0.15) is 15.9 Å². The topological polar surface area (TPSA) is 86.8 Å². The number of anilines is 1. The molecule has 35 heavy (non-hydrogen) atoms. The molecule has 0 saturated carbocycles. The molecule has 176 valence electrons. The first-order valence-electron chi connectivity index (χ1n) is 10.9. The third-order valence-corrected chi connectivity index (χ3v) is 5.24. The third-order valence-electron chi connectivity index (χ3n) is 5.24. The first-order chi connectivity index (χ1) is 17.1. The number of methoxy groups -OCH3 is 2. The monoisotopic (exact) mass is 468 g/mol. The van der Waals surface area contributed by atoms with E-state index >= 15 is 0 Å². The molecule has 0 unspecified atom stereocenters. The van der Waals surface area contributed by atoms with Crippen molar-refractivity contribution < 1.29 is 23.8 Å². The zero-order valence-corrected chi connectivity index (χ0v) is 19.4. The predicted molar refractivity (Wildman–Crippen MR) is 135 cm³/mol. The van der Waals surface area contributed by atoms with Crippen molar-refractivity contribution in [2.45, 2.75) is 0 Å². The summed E-state index contributed by atoms with van der Waals surface area (Å²) < 4.78 is 16.2. The quantitative estimate of drug-likeness (QED) is 0.270. The molecule has 0 aliphatic heterocycles. The highest BCUT2D eigenvalue weighted by Gasteiger charge is 2.09. The Morgan fingerprint density at radius 1 is 0.886 bits per heavy atom. The number of ether oxygens (including phenoxy) is 3. The van der Waals surface area contributed by atoms with E-state index in [2.05, 4.69) is 10.3 Å². The van der Waals surface area contributed by atoms with Gasteiger partial charge >= 0.3 is 0 Å². The lowest BCUT2D eigenvalue weighted by Crippen LogP contribution is -2.20. The van der Waals surface area contributed by atoms with Crippen LogP contribution >= 0.6 is 0 Å². The largest absolute Gasteiger partial charge is 0.493 e. The second-order valence-electron chi connectivity index (χ2n) is 7.56. The molecule has 0 saturated heterocycles. The van der Waals surface area contributed by atoms with E-state index in [1.54, 1.807) is 69.0 Å². The van der Waals surface area contributed by atoms with E-state index in [9.17, 15) is 9.59 Å². The minimum absolute atomic E-state index is 0.162. The third kappa shape index (κ3) is 5.83. The fourth-order valence-electron chi connectivity index (χ4n) is 3.48. The fourth-order valence-corrected chi connectivity index (χ4v) is 3.48. The molecule has 4 aromatic rings. The highest BCUT2D eigenvalue weighted by Crippen LogP contribution is 2.28. The standard InChI is InChI=1S/C28H24N2O5/c1-33-24-15-9-19(17-26(24)34-2)8-14-23(31)20-10-12-22(13-11-20)30-27(32)18-35-25-7-3-5-21-6-4-16-29-28(21)25/h3-17H,18H2,1-2H3,(H,30,32)/b14-8+. The molecule has 0 aliphatic carbocycles. The Kier molecular flexibility index (Phi) is 7.37. The Morgan fingerprint density at radius 3 is 2.43 bits per heavy atom. The minimum atomic E-state index is -0.314. The number of benzene rings is 3. The van der Waals surface area contributed by atoms with Gasteiger partial charge in [-0.3, -0.25) is 14.6 Å². The lowest BCUT2D eigenvalue weighted by molar-refractivity contribution is -0.118. The van der Waals surface area contributed by atoms with Crippen LogP contribution in [0.5, 0.6) is 17.2 Å². The minimum Gasteiger partial charge on any atom is -0.493 e. The zero-order chi connectivity index (χ0) is 24.6. The molecule has 4 rings (SSSR count). The van der Waals surface area contributed by atoms with E-state index in [1.165, 1.54) is 6.08 Å². The molecule has 0 aliphatic rings. The SMILES string of the molecule is COc1ccc(/C=C/C(=O)c2ccc(NC(=O)COc3cccc4cccnc34)cc2)cc1OC. The number of para-hydroxylation sites is 1. The number of nitrogens with zero attached hydrogens (tertiary/aromatic N) is 1. The van der Waals surface area contributed by atoms with Gasteiger partial charge in [-0.05, 0) is 60.2 Å². The van der Waals surface area contributed by atoms with Gasteiger partial charge in [0.15, 0.2) is 23.9 Å². The molecule has 0 radical (unpaired) electrons. The van der Waals surface area contributed by atoms with Gasteiger partial charge in [0, 0.05) is 22.8 Å². The second-order valence-corrected chi connectivity index (χ2v) is 7.56. The maximum Gasteiger partial charge on any atom is 0.262 e. The van der Waals surface area contributed by atoms with Crippen LogP contribution in [0.2, 0.25) is 0 Å². The van der Waals surface area contributed by atoms with Gasteiger partial charge in [0.1, 0.15) is 11.3 Å². The predicted octanol–water partition coefficient (Wildman–Crippen LogP) is 5.17. The van der Waals surface area contributed by atoms with Crippen LogP contribution in [-0.4, -0.2) is 37.5 Å². The molecule has 0 bridgehead atoms. The van der Waals surface area contributed by atoms with E-state index in [0.29, 0.717) is 34.0 Å². The molecule has 7 heteroatoms. The van der Waals surface area contributed by atoms with Crippen LogP contribution in [0, 0.1) is 0 Å². The van der Waals surface area contributed by atoms with Gasteiger partial charge in [0.25, 0.3) is 5.91 Å². The number of ketones is 1. The highest BCUT2D eigenvalue weighted by molar-refractivity contribution is 6.07. The molecular weight excluding hydrogens is 444 g/mol. The van der Waals surface area contributed by atoms with Crippen LogP contribution in [0.25, 0.3) is 17.0 Å². The number of carbonyl (C=O) groups excluding carboxylic acids is 2. The summed E-state index contributed by atoms with van der Waals surface area (Å²) >= 11 is 0. The van der Waals surface area contributed by atoms with Crippen molar-refractivity contribution in [1.29, 1.82) is 0 Å². The van der Waals surface area contributed by atoms with Crippen molar-refractivity contribution in [1.82, 2.24) is 4.98 Å². The molecule has 3 aromatic carbocycles. The number of fused-ring (bicyclic) bond motifs is 1. The summed E-state index contributed by atoms with van der Waals surface area (Å²) in [5.74, 6) is 1.27. The van der Waals surface area contributed by atoms with Gasteiger partial charge in [-0.25, -0.2) is 0 Å². The Hall–Kier alpha value is -4.65. The van der Waals surface area contributed by atoms with Gasteiger partial charge in [-0.1, -0.05) is 30.3 Å². The Morgan fingerprint density at radius 2 is 1.66 bits per heavy atom. The summed E-state index contributed by atoms with van der Waals surface area (Å²) in [5, 5.41) is 3.70. The van der Waals surface area contributed by atoms with Crippen LogP contribution in [0.3, 0.4) is 0 Å². The van der Waals surface area contributed by atoms with Gasteiger partial charge in [0.2, 0.25) is 0 Å². The maximum absolute atomic E-state index is 12.5. The van der Waals surface area contributed by atoms with E-state index in [-0.39, 0.29) is 18.3 Å². The van der Waals surface area contributed by atoms with Crippen LogP contribution in [0.15, 0.2) is 85.1 Å². The van der Waals surface area contributed by atoms with Gasteiger partial charge < -0.3 is 19.5 Å². The van der Waals surface area contributed by atoms with Gasteiger partial charge in [-0.15, -0.1) is 0 Å². The molecular formula is C28H24N2O5. The summed E-state index contributed by atoms with van der Waals surface area (Å²) in [7, 11) is 3.13. The lowest BCUT2D eigenvalue weighted by atomic mass is 10.1. The van der Waals surface area contributed by atoms with E-state index in [4.69, 9.17) is 14.2 Å². The van der Waals surface area contributed by atoms with Crippen molar-refractivity contribution in [3.05, 3.63) is 96.2 Å². The second kappa shape index (κ2) is 11.0. The molecule has 0 atom stereocenters. The number of hydrogen-bond donors (Lipinski definition) is 1. The van der Waals surface area contributed by atoms with Gasteiger partial charge in [-0.2, -0.15) is 0 Å². The number of pyridine rings is 1. The highest BCUT2D eigenvalue weighted by atomic mass is 16.5. The molecule has 7 nitrogen and oxygen atoms in total. The summed E-state index contributed by atoms with van der Waals surface area (Å²) in [6, 6.07) is 21.4. The average molecular weight is 469 g/mol. The first kappa shape index (κ1) is 23.5. The number of nitrogens with one attached hydrogen (secondary N) is 1. The van der Waals surface area contributed by atoms with Crippen molar-refractivity contribution in [2.24, 2.45) is 0 Å². The number of amides is 1. The Balaban J connectivity index is 1.34. The molecule has 0 fully saturated rings. The Bertz CT molecular complexity index is 1370. The smallest absolute Gasteiger partial charge is 0.262 e. The maximum atomic E-state index is 12.5. The van der Waals surface area contributed by atoms with E-state index < -0.39 is 0 Å².